The molecule has 8 nitrogen and oxygen atoms in total. The number of carbonyl (C=O) groups excluding carboxylic acids is 2. The Bertz CT molecular complexity index is 1140. The number of para-hydroxylation sites is 1. The van der Waals surface area contributed by atoms with Crippen LogP contribution in [0, 0.1) is 17.3 Å². The topological polar surface area (TPSA) is 104 Å². The van der Waals surface area contributed by atoms with E-state index < -0.39 is 34.8 Å². The number of carboxylic acid groups (broad SMARTS) is 1. The quantitative estimate of drug-likeness (QED) is 0.406. The van der Waals surface area contributed by atoms with Crippen LogP contribution in [0.3, 0.4) is 0 Å². The first kappa shape index (κ1) is 31.3. The van der Waals surface area contributed by atoms with E-state index in [-0.39, 0.29) is 23.8 Å². The van der Waals surface area contributed by atoms with Crippen LogP contribution in [0.2, 0.25) is 0 Å². The maximum Gasteiger partial charge on any atom is 0.306 e. The van der Waals surface area contributed by atoms with Gasteiger partial charge < -0.3 is 25.2 Å². The van der Waals surface area contributed by atoms with E-state index in [2.05, 4.69) is 33.5 Å². The van der Waals surface area contributed by atoms with Gasteiger partial charge in [0.15, 0.2) is 0 Å². The summed E-state index contributed by atoms with van der Waals surface area (Å²) in [4.78, 5) is 40.9. The Morgan fingerprint density at radius 3 is 2.11 bits per heavy atom. The summed E-state index contributed by atoms with van der Waals surface area (Å²) in [5.41, 5.74) is 0.978. The summed E-state index contributed by atoms with van der Waals surface area (Å²) >= 11 is 0. The van der Waals surface area contributed by atoms with Gasteiger partial charge in [-0.3, -0.25) is 14.4 Å². The van der Waals surface area contributed by atoms with Crippen LogP contribution in [0.15, 0.2) is 30.5 Å². The van der Waals surface area contributed by atoms with Crippen molar-refractivity contribution in [1.29, 1.82) is 0 Å². The molecule has 0 saturated carbocycles. The lowest BCUT2D eigenvalue weighted by Crippen LogP contribution is -2.61. The first-order valence-corrected chi connectivity index (χ1v) is 13.5. The van der Waals surface area contributed by atoms with Crippen molar-refractivity contribution in [3.63, 3.8) is 0 Å². The van der Waals surface area contributed by atoms with Crippen LogP contribution < -0.4 is 10.6 Å². The molecule has 2 aromatic rings. The predicted octanol–water partition coefficient (Wildman–Crippen LogP) is 4.17. The van der Waals surface area contributed by atoms with Crippen molar-refractivity contribution < 1.29 is 19.5 Å². The first-order valence-electron chi connectivity index (χ1n) is 13.5. The smallest absolute Gasteiger partial charge is 0.306 e. The van der Waals surface area contributed by atoms with Gasteiger partial charge in [0.2, 0.25) is 11.8 Å². The second-order valence-corrected chi connectivity index (χ2v) is 12.7. The number of carboxylic acids is 1. The molecule has 0 fully saturated rings. The molecule has 1 aromatic heterocycles. The first-order chi connectivity index (χ1) is 17.4. The van der Waals surface area contributed by atoms with E-state index in [1.54, 1.807) is 25.9 Å². The number of nitrogens with zero attached hydrogens (tertiary/aromatic N) is 2. The molecule has 0 aliphatic rings. The van der Waals surface area contributed by atoms with E-state index in [4.69, 9.17) is 0 Å². The minimum atomic E-state index is -0.885. The second-order valence-electron chi connectivity index (χ2n) is 12.7. The van der Waals surface area contributed by atoms with Crippen molar-refractivity contribution in [3.05, 3.63) is 36.0 Å². The normalized spacial score (nSPS) is 15.7. The molecule has 4 atom stereocenters. The van der Waals surface area contributed by atoms with Crippen LogP contribution in [-0.4, -0.2) is 64.6 Å². The highest BCUT2D eigenvalue weighted by Crippen LogP contribution is 2.35. The average Bonchev–Trinajstić information content (AvgIpc) is 3.16. The molecule has 1 aromatic carbocycles. The van der Waals surface area contributed by atoms with E-state index in [0.29, 0.717) is 6.42 Å². The van der Waals surface area contributed by atoms with Gasteiger partial charge in [-0.25, -0.2) is 0 Å². The summed E-state index contributed by atoms with van der Waals surface area (Å²) in [6.45, 7) is 15.5. The van der Waals surface area contributed by atoms with Gasteiger partial charge in [-0.2, -0.15) is 0 Å². The number of aromatic nitrogens is 1. The zero-order valence-electron chi connectivity index (χ0n) is 25.0. The lowest BCUT2D eigenvalue weighted by atomic mass is 9.76. The molecule has 38 heavy (non-hydrogen) atoms. The van der Waals surface area contributed by atoms with Crippen molar-refractivity contribution in [2.75, 3.05) is 14.1 Å². The zero-order valence-corrected chi connectivity index (χ0v) is 25.0. The number of amides is 2. The fraction of sp³-hybridized carbons (Fsp3) is 0.633. The molecule has 0 aliphatic carbocycles. The summed E-state index contributed by atoms with van der Waals surface area (Å²) in [7, 11) is 5.47. The van der Waals surface area contributed by atoms with Crippen LogP contribution in [0.1, 0.15) is 67.4 Å². The Labute approximate surface area is 228 Å². The highest BCUT2D eigenvalue weighted by molar-refractivity contribution is 5.92. The minimum Gasteiger partial charge on any atom is -0.481 e. The number of fused-ring (bicyclic) bond motifs is 1. The Morgan fingerprint density at radius 1 is 1.03 bits per heavy atom. The molecule has 8 heteroatoms. The molecular formula is C30H48N4O4. The van der Waals surface area contributed by atoms with Crippen molar-refractivity contribution in [2.24, 2.45) is 24.3 Å². The lowest BCUT2D eigenvalue weighted by molar-refractivity contribution is -0.145. The summed E-state index contributed by atoms with van der Waals surface area (Å²) < 4.78 is 2.07. The zero-order chi connectivity index (χ0) is 29.2. The third-order valence-corrected chi connectivity index (χ3v) is 7.89. The van der Waals surface area contributed by atoms with E-state index in [1.165, 1.54) is 0 Å². The standard InChI is InChI=1S/C30H48N4O4/c1-18(2)23(16-19(3)28(37)38)34(11)27(36)25(29(4,5)6)32-26(35)24(31-9)30(7,8)21-17-33(10)22-15-13-12-14-20(21)22/h12-15,17-19,23-25,31H,16H2,1-11H3,(H,32,35)(H,37,38)/t19?,23-,24?,25-/m1/s1. The Morgan fingerprint density at radius 2 is 1.61 bits per heavy atom. The molecule has 2 amide bonds. The van der Waals surface area contributed by atoms with Crippen molar-refractivity contribution >= 4 is 28.7 Å². The van der Waals surface area contributed by atoms with Crippen LogP contribution in [-0.2, 0) is 26.8 Å². The molecule has 1 heterocycles. The fourth-order valence-electron chi connectivity index (χ4n) is 5.41. The summed E-state index contributed by atoms with van der Waals surface area (Å²) in [5.74, 6) is -1.90. The summed E-state index contributed by atoms with van der Waals surface area (Å²) in [6, 6.07) is 6.45. The van der Waals surface area contributed by atoms with Gasteiger partial charge in [-0.05, 0) is 36.4 Å². The number of rotatable bonds is 11. The minimum absolute atomic E-state index is 0.0532. The van der Waals surface area contributed by atoms with E-state index in [0.717, 1.165) is 16.5 Å². The number of benzene rings is 1. The molecule has 0 bridgehead atoms. The van der Waals surface area contributed by atoms with Crippen LogP contribution in [0.4, 0.5) is 0 Å². The highest BCUT2D eigenvalue weighted by Gasteiger charge is 2.42. The Balaban J connectivity index is 2.39. The van der Waals surface area contributed by atoms with Gasteiger partial charge in [0.05, 0.1) is 12.0 Å². The van der Waals surface area contributed by atoms with Crippen LogP contribution in [0.5, 0.6) is 0 Å². The largest absolute Gasteiger partial charge is 0.481 e. The number of nitrogens with one attached hydrogen (secondary N) is 2. The SMILES string of the molecule is CNC(C(=O)N[C@H](C(=O)N(C)[C@H](CC(C)C(=O)O)C(C)C)C(C)(C)C)C(C)(C)c1cn(C)c2ccccc12. The third-order valence-electron chi connectivity index (χ3n) is 7.89. The van der Waals surface area contributed by atoms with E-state index in [9.17, 15) is 19.5 Å². The number of hydrogen-bond acceptors (Lipinski definition) is 4. The Kier molecular flexibility index (Phi) is 9.81. The fourth-order valence-corrected chi connectivity index (χ4v) is 5.41. The van der Waals surface area contributed by atoms with Gasteiger partial charge in [0.25, 0.3) is 0 Å². The van der Waals surface area contributed by atoms with E-state index in [1.807, 2.05) is 67.6 Å². The number of aryl methyl sites for hydroxylation is 1. The highest BCUT2D eigenvalue weighted by atomic mass is 16.4. The molecule has 0 saturated heterocycles. The molecular weight excluding hydrogens is 480 g/mol. The molecule has 0 aliphatic heterocycles. The van der Waals surface area contributed by atoms with Crippen molar-refractivity contribution in [2.45, 2.75) is 85.4 Å². The molecule has 0 radical (unpaired) electrons. The van der Waals surface area contributed by atoms with Crippen molar-refractivity contribution in [3.8, 4) is 0 Å². The van der Waals surface area contributed by atoms with Gasteiger partial charge in [0.1, 0.15) is 6.04 Å². The number of likely N-dealkylation sites (N-methyl/N-ethyl adjacent to an activating group) is 2. The van der Waals surface area contributed by atoms with Gasteiger partial charge >= 0.3 is 5.97 Å². The maximum absolute atomic E-state index is 13.9. The molecule has 2 unspecified atom stereocenters. The summed E-state index contributed by atoms with van der Waals surface area (Å²) in [5, 5.41) is 16.8. The monoisotopic (exact) mass is 528 g/mol. The second kappa shape index (κ2) is 11.9. The maximum atomic E-state index is 13.9. The number of aliphatic carboxylic acids is 1. The van der Waals surface area contributed by atoms with Gasteiger partial charge in [0, 0.05) is 42.7 Å². The molecule has 0 spiro atoms. The number of carbonyl (C=O) groups is 3. The lowest BCUT2D eigenvalue weighted by Gasteiger charge is -2.40. The van der Waals surface area contributed by atoms with E-state index >= 15 is 0 Å². The summed E-state index contributed by atoms with van der Waals surface area (Å²) in [6.07, 6.45) is 2.41. The van der Waals surface area contributed by atoms with Gasteiger partial charge in [-0.1, -0.05) is 73.6 Å². The number of hydrogen-bond donors (Lipinski definition) is 3. The molecule has 212 valence electrons. The predicted molar refractivity (Wildman–Crippen MR) is 153 cm³/mol. The molecule has 3 N–H and O–H groups in total. The van der Waals surface area contributed by atoms with Crippen LogP contribution in [0.25, 0.3) is 10.9 Å². The van der Waals surface area contributed by atoms with Gasteiger partial charge in [-0.15, -0.1) is 0 Å². The average molecular weight is 529 g/mol. The third kappa shape index (κ3) is 6.57. The molecule has 2 rings (SSSR count). The van der Waals surface area contributed by atoms with Crippen LogP contribution >= 0.6 is 0 Å². The Hall–Kier alpha value is -2.87. The van der Waals surface area contributed by atoms with Crippen molar-refractivity contribution in [1.82, 2.24) is 20.1 Å².